The average molecular weight is 410 g/mol. The molecule has 2 aromatic rings. The summed E-state index contributed by atoms with van der Waals surface area (Å²) in [6.07, 6.45) is 3.16. The van der Waals surface area contributed by atoms with E-state index in [9.17, 15) is 14.4 Å². The van der Waals surface area contributed by atoms with Crippen LogP contribution < -0.4 is 15.5 Å². The van der Waals surface area contributed by atoms with Crippen LogP contribution in [-0.4, -0.2) is 57.4 Å². The highest BCUT2D eigenvalue weighted by Gasteiger charge is 2.63. The predicted octanol–water partition coefficient (Wildman–Crippen LogP) is 0.373. The fraction of sp³-hybridized carbons (Fsp3) is 0.450. The zero-order chi connectivity index (χ0) is 21.2. The molecule has 0 radical (unpaired) electrons. The Morgan fingerprint density at radius 2 is 1.90 bits per heavy atom. The number of carbonyl (C=O) groups is 3. The first-order valence-corrected chi connectivity index (χ1v) is 9.87. The number of anilines is 1. The lowest BCUT2D eigenvalue weighted by Crippen LogP contribution is -2.75. The van der Waals surface area contributed by atoms with Crippen molar-refractivity contribution in [2.45, 2.75) is 38.5 Å². The van der Waals surface area contributed by atoms with Gasteiger partial charge in [-0.15, -0.1) is 0 Å². The Morgan fingerprint density at radius 1 is 1.17 bits per heavy atom. The Balaban J connectivity index is 1.68. The Kier molecular flexibility index (Phi) is 3.97. The van der Waals surface area contributed by atoms with Crippen LogP contribution in [0.5, 0.6) is 0 Å². The van der Waals surface area contributed by atoms with Crippen molar-refractivity contribution in [1.29, 1.82) is 0 Å². The maximum atomic E-state index is 13.1. The summed E-state index contributed by atoms with van der Waals surface area (Å²) in [4.78, 5) is 44.8. The first-order valence-electron chi connectivity index (χ1n) is 9.87. The number of hydrogen-bond donors (Lipinski definition) is 2. The SMILES string of the molecule is C[C@@H]1CN2c3ccc(-c4cnn(C)c4)nc3CC3(C(=O)NC(=O)NC3=O)[C@H]2[C@H](C)O1. The van der Waals surface area contributed by atoms with Gasteiger partial charge in [-0.3, -0.25) is 29.9 Å². The molecule has 3 aliphatic heterocycles. The molecule has 0 unspecified atom stereocenters. The first-order chi connectivity index (χ1) is 14.3. The Hall–Kier alpha value is -3.27. The molecule has 2 N–H and O–H groups in total. The number of morpholine rings is 1. The van der Waals surface area contributed by atoms with E-state index in [0.29, 0.717) is 17.9 Å². The number of aromatic nitrogens is 3. The van der Waals surface area contributed by atoms with Crippen LogP contribution in [0.25, 0.3) is 11.3 Å². The van der Waals surface area contributed by atoms with Gasteiger partial charge in [-0.1, -0.05) is 0 Å². The molecule has 156 valence electrons. The van der Waals surface area contributed by atoms with Gasteiger partial charge in [0.25, 0.3) is 0 Å². The standard InChI is InChI=1S/C20H22N6O4/c1-10-8-26-15-5-4-13(12-7-21-25(3)9-12)22-14(15)6-20(16(26)11(2)30-10)17(27)23-19(29)24-18(20)28/h4-5,7,9-11,16H,6,8H2,1-3H3,(H2,23,24,27,28,29)/t10-,11+,16-/m1/s1. The first kappa shape index (κ1) is 18.7. The summed E-state index contributed by atoms with van der Waals surface area (Å²) < 4.78 is 7.69. The van der Waals surface area contributed by atoms with Crippen molar-refractivity contribution in [1.82, 2.24) is 25.4 Å². The molecule has 2 saturated heterocycles. The molecule has 5 heterocycles. The number of urea groups is 1. The molecule has 0 bridgehead atoms. The molecule has 0 saturated carbocycles. The van der Waals surface area contributed by atoms with Crippen molar-refractivity contribution in [3.8, 4) is 11.3 Å². The number of aryl methyl sites for hydroxylation is 1. The van der Waals surface area contributed by atoms with E-state index >= 15 is 0 Å². The number of rotatable bonds is 1. The third-order valence-electron chi connectivity index (χ3n) is 6.16. The third kappa shape index (κ3) is 2.56. The fourth-order valence-electron chi connectivity index (χ4n) is 5.00. The second-order valence-electron chi connectivity index (χ2n) is 8.20. The lowest BCUT2D eigenvalue weighted by molar-refractivity contribution is -0.153. The summed E-state index contributed by atoms with van der Waals surface area (Å²) in [5.74, 6) is -1.23. The van der Waals surface area contributed by atoms with Crippen LogP contribution in [0.4, 0.5) is 10.5 Å². The van der Waals surface area contributed by atoms with E-state index in [0.717, 1.165) is 11.3 Å². The van der Waals surface area contributed by atoms with E-state index in [1.54, 1.807) is 10.9 Å². The summed E-state index contributed by atoms with van der Waals surface area (Å²) in [5, 5.41) is 8.75. The Morgan fingerprint density at radius 3 is 2.57 bits per heavy atom. The third-order valence-corrected chi connectivity index (χ3v) is 6.16. The number of amides is 4. The zero-order valence-corrected chi connectivity index (χ0v) is 16.9. The molecule has 2 fully saturated rings. The molecule has 4 amide bonds. The number of nitrogens with one attached hydrogen (secondary N) is 2. The van der Waals surface area contributed by atoms with Crippen LogP contribution in [0, 0.1) is 5.41 Å². The van der Waals surface area contributed by atoms with Gasteiger partial charge in [-0.2, -0.15) is 5.10 Å². The van der Waals surface area contributed by atoms with Crippen LogP contribution in [0.15, 0.2) is 24.5 Å². The number of fused-ring (bicyclic) bond motifs is 4. The summed E-state index contributed by atoms with van der Waals surface area (Å²) in [7, 11) is 1.83. The summed E-state index contributed by atoms with van der Waals surface area (Å²) in [5.41, 5.74) is 1.54. The minimum absolute atomic E-state index is 0.0740. The lowest BCUT2D eigenvalue weighted by Gasteiger charge is -2.55. The van der Waals surface area contributed by atoms with Crippen molar-refractivity contribution in [2.24, 2.45) is 12.5 Å². The predicted molar refractivity (Wildman–Crippen MR) is 105 cm³/mol. The van der Waals surface area contributed by atoms with Gasteiger partial charge >= 0.3 is 6.03 Å². The van der Waals surface area contributed by atoms with E-state index in [2.05, 4.69) is 15.7 Å². The zero-order valence-electron chi connectivity index (χ0n) is 16.9. The average Bonchev–Trinajstić information content (AvgIpc) is 3.11. The summed E-state index contributed by atoms with van der Waals surface area (Å²) in [6, 6.07) is 2.53. The van der Waals surface area contributed by atoms with Gasteiger partial charge in [-0.25, -0.2) is 4.79 Å². The van der Waals surface area contributed by atoms with Gasteiger partial charge in [0.05, 0.1) is 41.5 Å². The van der Waals surface area contributed by atoms with Crippen molar-refractivity contribution in [3.63, 3.8) is 0 Å². The monoisotopic (exact) mass is 410 g/mol. The molecule has 1 spiro atoms. The van der Waals surface area contributed by atoms with E-state index in [4.69, 9.17) is 9.72 Å². The second kappa shape index (κ2) is 6.36. The number of carbonyl (C=O) groups excluding carboxylic acids is 3. The number of hydrogen-bond acceptors (Lipinski definition) is 7. The quantitative estimate of drug-likeness (QED) is 0.652. The maximum Gasteiger partial charge on any atom is 0.328 e. The Bertz CT molecular complexity index is 1060. The van der Waals surface area contributed by atoms with Gasteiger partial charge in [0.1, 0.15) is 0 Å². The number of barbiturate groups is 1. The van der Waals surface area contributed by atoms with Crippen LogP contribution >= 0.6 is 0 Å². The van der Waals surface area contributed by atoms with Gasteiger partial charge in [-0.05, 0) is 26.0 Å². The van der Waals surface area contributed by atoms with Gasteiger partial charge in [0, 0.05) is 31.8 Å². The Labute approximate surface area is 172 Å². The molecule has 30 heavy (non-hydrogen) atoms. The second-order valence-corrected chi connectivity index (χ2v) is 8.20. The van der Waals surface area contributed by atoms with Crippen molar-refractivity contribution < 1.29 is 19.1 Å². The van der Waals surface area contributed by atoms with Gasteiger partial charge < -0.3 is 9.64 Å². The minimum Gasteiger partial charge on any atom is -0.372 e. The van der Waals surface area contributed by atoms with Crippen molar-refractivity contribution in [2.75, 3.05) is 11.4 Å². The molecular formula is C20H22N6O4. The van der Waals surface area contributed by atoms with Crippen molar-refractivity contribution >= 4 is 23.5 Å². The van der Waals surface area contributed by atoms with Crippen LogP contribution in [0.2, 0.25) is 0 Å². The topological polar surface area (TPSA) is 118 Å². The van der Waals surface area contributed by atoms with E-state index < -0.39 is 35.4 Å². The normalized spacial score (nSPS) is 27.4. The molecular weight excluding hydrogens is 388 g/mol. The van der Waals surface area contributed by atoms with Crippen LogP contribution in [0.3, 0.4) is 0 Å². The molecule has 5 rings (SSSR count). The molecule has 3 atom stereocenters. The highest BCUT2D eigenvalue weighted by atomic mass is 16.5. The number of nitrogens with zero attached hydrogens (tertiary/aromatic N) is 4. The molecule has 0 aliphatic carbocycles. The number of ether oxygens (including phenoxy) is 1. The van der Waals surface area contributed by atoms with Crippen LogP contribution in [-0.2, 0) is 27.8 Å². The lowest BCUT2D eigenvalue weighted by atomic mass is 9.67. The van der Waals surface area contributed by atoms with E-state index in [1.807, 2.05) is 44.1 Å². The van der Waals surface area contributed by atoms with Gasteiger partial charge in [0.2, 0.25) is 11.8 Å². The maximum absolute atomic E-state index is 13.1. The molecule has 10 nitrogen and oxygen atoms in total. The van der Waals surface area contributed by atoms with Gasteiger partial charge in [0.15, 0.2) is 5.41 Å². The van der Waals surface area contributed by atoms with E-state index in [1.165, 1.54) is 0 Å². The summed E-state index contributed by atoms with van der Waals surface area (Å²) in [6.45, 7) is 4.32. The highest BCUT2D eigenvalue weighted by molar-refractivity contribution is 6.20. The van der Waals surface area contributed by atoms with E-state index in [-0.39, 0.29) is 12.5 Å². The highest BCUT2D eigenvalue weighted by Crippen LogP contribution is 2.46. The van der Waals surface area contributed by atoms with Crippen LogP contribution in [0.1, 0.15) is 19.5 Å². The molecule has 0 aromatic carbocycles. The minimum atomic E-state index is -1.51. The molecule has 10 heteroatoms. The fourth-order valence-corrected chi connectivity index (χ4v) is 5.00. The van der Waals surface area contributed by atoms with Crippen molar-refractivity contribution in [3.05, 3.63) is 30.2 Å². The molecule has 2 aromatic heterocycles. The largest absolute Gasteiger partial charge is 0.372 e. The number of imide groups is 2. The summed E-state index contributed by atoms with van der Waals surface area (Å²) >= 11 is 0. The smallest absolute Gasteiger partial charge is 0.328 e. The number of pyridine rings is 1. The molecule has 3 aliphatic rings.